The Morgan fingerprint density at radius 2 is 1.95 bits per heavy atom. The smallest absolute Gasteiger partial charge is 0.195 e. The van der Waals surface area contributed by atoms with Crippen LogP contribution in [0.1, 0.15) is 10.4 Å². The summed E-state index contributed by atoms with van der Waals surface area (Å²) in [5, 5.41) is 11.4. The lowest BCUT2D eigenvalue weighted by molar-refractivity contribution is 0.838. The van der Waals surface area contributed by atoms with Crippen molar-refractivity contribution in [3.8, 4) is 0 Å². The van der Waals surface area contributed by atoms with Gasteiger partial charge in [0.1, 0.15) is 0 Å². The van der Waals surface area contributed by atoms with E-state index in [2.05, 4.69) is 51.8 Å². The molecule has 0 radical (unpaired) electrons. The highest BCUT2D eigenvalue weighted by atomic mass is 79.9. The van der Waals surface area contributed by atoms with Gasteiger partial charge in [0, 0.05) is 24.2 Å². The summed E-state index contributed by atoms with van der Waals surface area (Å²) in [7, 11) is 1.90. The van der Waals surface area contributed by atoms with Gasteiger partial charge in [0.15, 0.2) is 5.96 Å². The molecule has 116 valence electrons. The van der Waals surface area contributed by atoms with E-state index >= 15 is 0 Å². The summed E-state index contributed by atoms with van der Waals surface area (Å²) in [6, 6.07) is 18.4. The molecule has 1 unspecified atom stereocenters. The molecule has 2 aromatic carbocycles. The lowest BCUT2D eigenvalue weighted by atomic mass is 10.1. The van der Waals surface area contributed by atoms with E-state index in [4.69, 9.17) is 5.41 Å². The van der Waals surface area contributed by atoms with E-state index in [1.807, 2.05) is 42.3 Å². The highest BCUT2D eigenvalue weighted by Crippen LogP contribution is 2.23. The van der Waals surface area contributed by atoms with Gasteiger partial charge in [0.2, 0.25) is 0 Å². The van der Waals surface area contributed by atoms with Crippen molar-refractivity contribution in [3.63, 3.8) is 0 Å². The second-order valence-corrected chi connectivity index (χ2v) is 6.85. The number of benzene rings is 2. The fraction of sp³-hybridized carbons (Fsp3) is 0.235. The molecule has 2 aromatic rings. The molecule has 0 aliphatic rings. The van der Waals surface area contributed by atoms with Gasteiger partial charge in [-0.2, -0.15) is 0 Å². The maximum absolute atomic E-state index is 8.20. The van der Waals surface area contributed by atoms with Crippen LogP contribution in [0.4, 0.5) is 5.69 Å². The Labute approximate surface area is 144 Å². The van der Waals surface area contributed by atoms with Gasteiger partial charge in [-0.25, -0.2) is 0 Å². The van der Waals surface area contributed by atoms with Crippen LogP contribution in [0.15, 0.2) is 59.5 Å². The molecular formula is C17H20BrN3S. The molecule has 3 nitrogen and oxygen atoms in total. The second-order valence-electron chi connectivity index (χ2n) is 4.87. The summed E-state index contributed by atoms with van der Waals surface area (Å²) in [6.45, 7) is 0.662. The lowest BCUT2D eigenvalue weighted by Crippen LogP contribution is -2.39. The minimum atomic E-state index is 0.181. The summed E-state index contributed by atoms with van der Waals surface area (Å²) in [6.07, 6.45) is 2.05. The van der Waals surface area contributed by atoms with E-state index in [0.29, 0.717) is 12.5 Å². The second kappa shape index (κ2) is 8.25. The molecule has 0 aliphatic heterocycles. The molecule has 0 saturated heterocycles. The minimum absolute atomic E-state index is 0.181. The molecule has 0 fully saturated rings. The predicted molar refractivity (Wildman–Crippen MR) is 100 cm³/mol. The number of thioether (sulfide) groups is 1. The number of anilines is 1. The van der Waals surface area contributed by atoms with Crippen molar-refractivity contribution in [1.29, 1.82) is 5.41 Å². The van der Waals surface area contributed by atoms with Crippen molar-refractivity contribution >= 4 is 39.3 Å². The fourth-order valence-corrected chi connectivity index (χ4v) is 2.95. The third-order valence-corrected chi connectivity index (χ3v) is 4.96. The molecule has 2 N–H and O–H groups in total. The van der Waals surface area contributed by atoms with Crippen LogP contribution in [0.25, 0.3) is 0 Å². The van der Waals surface area contributed by atoms with Gasteiger partial charge in [0.05, 0.1) is 4.83 Å². The SMILES string of the molecule is CSc1cccc(N(C)C(=N)NCC(Br)c2ccccc2)c1. The van der Waals surface area contributed by atoms with Crippen molar-refractivity contribution in [2.45, 2.75) is 9.72 Å². The normalized spacial score (nSPS) is 11.8. The predicted octanol–water partition coefficient (Wildman–Crippen LogP) is 4.51. The molecule has 22 heavy (non-hydrogen) atoms. The highest BCUT2D eigenvalue weighted by molar-refractivity contribution is 9.09. The van der Waals surface area contributed by atoms with Gasteiger partial charge >= 0.3 is 0 Å². The first-order chi connectivity index (χ1) is 10.6. The molecule has 0 aliphatic carbocycles. The van der Waals surface area contributed by atoms with Gasteiger partial charge < -0.3 is 10.2 Å². The van der Waals surface area contributed by atoms with Crippen molar-refractivity contribution in [2.24, 2.45) is 0 Å². The summed E-state index contributed by atoms with van der Waals surface area (Å²) in [5.41, 5.74) is 2.21. The van der Waals surface area contributed by atoms with E-state index < -0.39 is 0 Å². The Balaban J connectivity index is 1.94. The number of nitrogens with one attached hydrogen (secondary N) is 2. The Hall–Kier alpha value is -1.46. The molecule has 0 spiro atoms. The number of alkyl halides is 1. The summed E-state index contributed by atoms with van der Waals surface area (Å²) >= 11 is 5.36. The molecule has 1 atom stereocenters. The number of guanidine groups is 1. The van der Waals surface area contributed by atoms with Crippen molar-refractivity contribution in [3.05, 3.63) is 60.2 Å². The van der Waals surface area contributed by atoms with Gasteiger partial charge in [0.25, 0.3) is 0 Å². The number of hydrogen-bond acceptors (Lipinski definition) is 2. The van der Waals surface area contributed by atoms with Gasteiger partial charge in [-0.3, -0.25) is 5.41 Å². The van der Waals surface area contributed by atoms with Crippen LogP contribution in [0.3, 0.4) is 0 Å². The first-order valence-corrected chi connectivity index (χ1v) is 9.15. The van der Waals surface area contributed by atoms with E-state index in [0.717, 1.165) is 5.69 Å². The Bertz CT molecular complexity index is 618. The highest BCUT2D eigenvalue weighted by Gasteiger charge is 2.11. The standard InChI is InChI=1S/C17H20BrN3S/c1-21(14-9-6-10-15(11-14)22-2)17(19)20-12-16(18)13-7-4-3-5-8-13/h3-11,16H,12H2,1-2H3,(H2,19,20). The summed E-state index contributed by atoms with van der Waals surface area (Å²) < 4.78 is 0. The number of halogens is 1. The molecule has 0 heterocycles. The van der Waals surface area contributed by atoms with E-state index in [-0.39, 0.29) is 4.83 Å². The van der Waals surface area contributed by atoms with Gasteiger partial charge in [-0.05, 0) is 30.0 Å². The van der Waals surface area contributed by atoms with Crippen LogP contribution >= 0.6 is 27.7 Å². The monoisotopic (exact) mass is 377 g/mol. The lowest BCUT2D eigenvalue weighted by Gasteiger charge is -2.22. The molecule has 5 heteroatoms. The third kappa shape index (κ3) is 4.52. The molecule has 0 aromatic heterocycles. The van der Waals surface area contributed by atoms with Crippen LogP contribution in [-0.2, 0) is 0 Å². The van der Waals surface area contributed by atoms with Crippen molar-refractivity contribution < 1.29 is 0 Å². The maximum Gasteiger partial charge on any atom is 0.195 e. The molecule has 0 amide bonds. The number of hydrogen-bond donors (Lipinski definition) is 2. The van der Waals surface area contributed by atoms with Crippen molar-refractivity contribution in [1.82, 2.24) is 5.32 Å². The zero-order valence-electron chi connectivity index (χ0n) is 12.7. The molecule has 2 rings (SSSR count). The maximum atomic E-state index is 8.20. The minimum Gasteiger partial charge on any atom is -0.355 e. The van der Waals surface area contributed by atoms with Crippen molar-refractivity contribution in [2.75, 3.05) is 24.7 Å². The fourth-order valence-electron chi connectivity index (χ4n) is 2.03. The first kappa shape index (κ1) is 16.9. The van der Waals surface area contributed by atoms with Crippen LogP contribution in [0, 0.1) is 5.41 Å². The average molecular weight is 378 g/mol. The zero-order valence-corrected chi connectivity index (χ0v) is 15.1. The number of rotatable bonds is 5. The van der Waals surface area contributed by atoms with E-state index in [1.54, 1.807) is 11.8 Å². The first-order valence-electron chi connectivity index (χ1n) is 7.01. The van der Waals surface area contributed by atoms with Crippen LogP contribution in [-0.4, -0.2) is 25.8 Å². The third-order valence-electron chi connectivity index (χ3n) is 3.39. The molecule has 0 saturated carbocycles. The molecular weight excluding hydrogens is 358 g/mol. The Kier molecular flexibility index (Phi) is 6.34. The Morgan fingerprint density at radius 1 is 1.23 bits per heavy atom. The molecule has 0 bridgehead atoms. The van der Waals surface area contributed by atoms with Crippen LogP contribution < -0.4 is 10.2 Å². The van der Waals surface area contributed by atoms with Gasteiger partial charge in [-0.1, -0.05) is 52.3 Å². The van der Waals surface area contributed by atoms with E-state index in [9.17, 15) is 0 Å². The number of nitrogens with zero attached hydrogens (tertiary/aromatic N) is 1. The van der Waals surface area contributed by atoms with Crippen LogP contribution in [0.2, 0.25) is 0 Å². The van der Waals surface area contributed by atoms with E-state index in [1.165, 1.54) is 10.5 Å². The summed E-state index contributed by atoms with van der Waals surface area (Å²) in [4.78, 5) is 3.23. The largest absolute Gasteiger partial charge is 0.355 e. The average Bonchev–Trinajstić information content (AvgIpc) is 2.59. The Morgan fingerprint density at radius 3 is 2.64 bits per heavy atom. The van der Waals surface area contributed by atoms with Gasteiger partial charge in [-0.15, -0.1) is 11.8 Å². The zero-order chi connectivity index (χ0) is 15.9. The summed E-state index contributed by atoms with van der Waals surface area (Å²) in [5.74, 6) is 0.388. The quantitative estimate of drug-likeness (QED) is 0.348. The topological polar surface area (TPSA) is 39.1 Å². The van der Waals surface area contributed by atoms with Crippen LogP contribution in [0.5, 0.6) is 0 Å².